The van der Waals surface area contributed by atoms with Crippen LogP contribution in [0.25, 0.3) is 0 Å². The molecular weight excluding hydrogens is 320 g/mol. The number of carbonyl (C=O) groups excluding carboxylic acids is 1. The van der Waals surface area contributed by atoms with E-state index in [9.17, 15) is 4.79 Å². The number of benzene rings is 1. The van der Waals surface area contributed by atoms with Crippen LogP contribution in [0.4, 0.5) is 0 Å². The van der Waals surface area contributed by atoms with Gasteiger partial charge in [-0.25, -0.2) is 0 Å². The van der Waals surface area contributed by atoms with Crippen molar-refractivity contribution in [1.82, 2.24) is 20.1 Å². The maximum absolute atomic E-state index is 12.3. The van der Waals surface area contributed by atoms with Gasteiger partial charge in [0.15, 0.2) is 11.5 Å². The first-order chi connectivity index (χ1) is 12.2. The molecule has 1 aromatic carbocycles. The van der Waals surface area contributed by atoms with Crippen molar-refractivity contribution in [3.05, 3.63) is 35.4 Å². The normalized spacial score (nSPS) is 18.0. The Kier molecular flexibility index (Phi) is 4.29. The molecule has 7 nitrogen and oxygen atoms in total. The molecule has 0 fully saturated rings. The maximum atomic E-state index is 12.3. The summed E-state index contributed by atoms with van der Waals surface area (Å²) in [7, 11) is 0. The third-order valence-corrected chi connectivity index (χ3v) is 4.78. The highest BCUT2D eigenvalue weighted by molar-refractivity contribution is 5.76. The lowest BCUT2D eigenvalue weighted by Gasteiger charge is -2.25. The van der Waals surface area contributed by atoms with E-state index in [1.807, 2.05) is 18.2 Å². The standard InChI is InChI=1S/C18H22N4O3/c1-2-16-20-21-17-7-5-13(10-22(16)17)19-18(23)8-4-12-3-6-14-15(9-12)25-11-24-14/h3,6,9,13H,2,4-5,7-8,10-11H2,1H3,(H,19,23)/t13-/m1/s1. The molecule has 0 spiro atoms. The second-order valence-corrected chi connectivity index (χ2v) is 6.49. The van der Waals surface area contributed by atoms with Gasteiger partial charge in [-0.2, -0.15) is 0 Å². The lowest BCUT2D eigenvalue weighted by molar-refractivity contribution is -0.122. The second-order valence-electron chi connectivity index (χ2n) is 6.49. The van der Waals surface area contributed by atoms with E-state index in [-0.39, 0.29) is 18.7 Å². The van der Waals surface area contributed by atoms with E-state index in [0.717, 1.165) is 54.5 Å². The van der Waals surface area contributed by atoms with Gasteiger partial charge in [0.1, 0.15) is 11.6 Å². The summed E-state index contributed by atoms with van der Waals surface area (Å²) in [5.74, 6) is 3.64. The van der Waals surface area contributed by atoms with Gasteiger partial charge in [0, 0.05) is 31.8 Å². The number of aryl methyl sites for hydroxylation is 3. The van der Waals surface area contributed by atoms with Crippen LogP contribution < -0.4 is 14.8 Å². The SMILES string of the molecule is CCc1nnc2n1C[C@H](NC(=O)CCc1ccc3c(c1)OCO3)CC2. The number of nitrogens with zero attached hydrogens (tertiary/aromatic N) is 3. The minimum absolute atomic E-state index is 0.0808. The zero-order chi connectivity index (χ0) is 17.2. The zero-order valence-electron chi connectivity index (χ0n) is 14.3. The molecule has 0 saturated heterocycles. The predicted molar refractivity (Wildman–Crippen MR) is 90.5 cm³/mol. The monoisotopic (exact) mass is 342 g/mol. The van der Waals surface area contributed by atoms with E-state index < -0.39 is 0 Å². The molecule has 4 rings (SSSR count). The predicted octanol–water partition coefficient (Wildman–Crippen LogP) is 1.63. The fourth-order valence-electron chi connectivity index (χ4n) is 3.42. The fraction of sp³-hybridized carbons (Fsp3) is 0.500. The van der Waals surface area contributed by atoms with Gasteiger partial charge in [-0.3, -0.25) is 4.79 Å². The molecule has 2 aliphatic rings. The molecule has 3 heterocycles. The first kappa shape index (κ1) is 15.9. The van der Waals surface area contributed by atoms with Crippen LogP contribution in [0, 0.1) is 0 Å². The summed E-state index contributed by atoms with van der Waals surface area (Å²) in [6.45, 7) is 3.11. The average Bonchev–Trinajstić information content (AvgIpc) is 3.25. The quantitative estimate of drug-likeness (QED) is 0.894. The van der Waals surface area contributed by atoms with Crippen molar-refractivity contribution in [3.8, 4) is 11.5 Å². The second kappa shape index (κ2) is 6.74. The van der Waals surface area contributed by atoms with Crippen LogP contribution in [0.1, 0.15) is 37.0 Å². The van der Waals surface area contributed by atoms with Crippen molar-refractivity contribution in [2.45, 2.75) is 51.6 Å². The number of rotatable bonds is 5. The number of hydrogen-bond donors (Lipinski definition) is 1. The summed E-state index contributed by atoms with van der Waals surface area (Å²) in [5, 5.41) is 11.6. The van der Waals surface area contributed by atoms with E-state index in [1.54, 1.807) is 0 Å². The summed E-state index contributed by atoms with van der Waals surface area (Å²) in [6.07, 6.45) is 3.79. The molecule has 1 atom stereocenters. The van der Waals surface area contributed by atoms with Gasteiger partial charge in [0.05, 0.1) is 0 Å². The number of carbonyl (C=O) groups is 1. The summed E-state index contributed by atoms with van der Waals surface area (Å²) < 4.78 is 12.8. The van der Waals surface area contributed by atoms with Crippen molar-refractivity contribution in [1.29, 1.82) is 0 Å². The Labute approximate surface area is 146 Å². The maximum Gasteiger partial charge on any atom is 0.231 e. The van der Waals surface area contributed by atoms with E-state index in [4.69, 9.17) is 9.47 Å². The highest BCUT2D eigenvalue weighted by atomic mass is 16.7. The third-order valence-electron chi connectivity index (χ3n) is 4.78. The Hall–Kier alpha value is -2.57. The minimum Gasteiger partial charge on any atom is -0.454 e. The molecule has 0 unspecified atom stereocenters. The van der Waals surface area contributed by atoms with E-state index in [1.165, 1.54) is 0 Å². The number of amides is 1. The highest BCUT2D eigenvalue weighted by Gasteiger charge is 2.23. The van der Waals surface area contributed by atoms with Crippen molar-refractivity contribution < 1.29 is 14.3 Å². The Morgan fingerprint density at radius 2 is 2.20 bits per heavy atom. The molecule has 1 aromatic heterocycles. The van der Waals surface area contributed by atoms with Crippen LogP contribution in [-0.4, -0.2) is 33.5 Å². The van der Waals surface area contributed by atoms with Crippen LogP contribution in [0.2, 0.25) is 0 Å². The van der Waals surface area contributed by atoms with Crippen LogP contribution in [0.15, 0.2) is 18.2 Å². The number of nitrogens with one attached hydrogen (secondary N) is 1. The Morgan fingerprint density at radius 1 is 1.32 bits per heavy atom. The zero-order valence-corrected chi connectivity index (χ0v) is 14.3. The third kappa shape index (κ3) is 3.31. The van der Waals surface area contributed by atoms with Gasteiger partial charge in [-0.1, -0.05) is 13.0 Å². The van der Waals surface area contributed by atoms with Gasteiger partial charge in [0.2, 0.25) is 12.7 Å². The molecule has 2 aromatic rings. The topological polar surface area (TPSA) is 78.3 Å². The molecular formula is C18H22N4O3. The van der Waals surface area contributed by atoms with Crippen LogP contribution in [-0.2, 0) is 30.6 Å². The number of hydrogen-bond acceptors (Lipinski definition) is 5. The fourth-order valence-corrected chi connectivity index (χ4v) is 3.42. The number of ether oxygens (including phenoxy) is 2. The molecule has 0 aliphatic carbocycles. The average molecular weight is 342 g/mol. The van der Waals surface area contributed by atoms with Gasteiger partial charge in [0.25, 0.3) is 0 Å². The Bertz CT molecular complexity index is 773. The molecule has 0 bridgehead atoms. The minimum atomic E-state index is 0.0808. The lowest BCUT2D eigenvalue weighted by Crippen LogP contribution is -2.41. The summed E-state index contributed by atoms with van der Waals surface area (Å²) in [5.41, 5.74) is 1.08. The first-order valence-corrected chi connectivity index (χ1v) is 8.81. The van der Waals surface area contributed by atoms with E-state index >= 15 is 0 Å². The van der Waals surface area contributed by atoms with E-state index in [0.29, 0.717) is 12.8 Å². The number of aromatic nitrogens is 3. The lowest BCUT2D eigenvalue weighted by atomic mass is 10.1. The molecule has 132 valence electrons. The molecule has 7 heteroatoms. The van der Waals surface area contributed by atoms with Crippen LogP contribution in [0.5, 0.6) is 11.5 Å². The van der Waals surface area contributed by atoms with Crippen molar-refractivity contribution in [3.63, 3.8) is 0 Å². The van der Waals surface area contributed by atoms with E-state index in [2.05, 4.69) is 27.0 Å². The van der Waals surface area contributed by atoms with Crippen molar-refractivity contribution in [2.75, 3.05) is 6.79 Å². The Morgan fingerprint density at radius 3 is 3.08 bits per heavy atom. The van der Waals surface area contributed by atoms with Gasteiger partial charge in [-0.15, -0.1) is 10.2 Å². The molecule has 2 aliphatic heterocycles. The van der Waals surface area contributed by atoms with Crippen LogP contribution in [0.3, 0.4) is 0 Å². The largest absolute Gasteiger partial charge is 0.454 e. The molecule has 0 saturated carbocycles. The van der Waals surface area contributed by atoms with Crippen molar-refractivity contribution >= 4 is 5.91 Å². The summed E-state index contributed by atoms with van der Waals surface area (Å²) in [4.78, 5) is 12.3. The first-order valence-electron chi connectivity index (χ1n) is 8.81. The van der Waals surface area contributed by atoms with Crippen molar-refractivity contribution in [2.24, 2.45) is 0 Å². The van der Waals surface area contributed by atoms with Gasteiger partial charge in [-0.05, 0) is 30.5 Å². The smallest absolute Gasteiger partial charge is 0.231 e. The summed E-state index contributed by atoms with van der Waals surface area (Å²) >= 11 is 0. The van der Waals surface area contributed by atoms with Gasteiger partial charge < -0.3 is 19.4 Å². The molecule has 25 heavy (non-hydrogen) atoms. The van der Waals surface area contributed by atoms with Gasteiger partial charge >= 0.3 is 0 Å². The highest BCUT2D eigenvalue weighted by Crippen LogP contribution is 2.32. The molecule has 0 radical (unpaired) electrons. The summed E-state index contributed by atoms with van der Waals surface area (Å²) in [6, 6.07) is 5.99. The van der Waals surface area contributed by atoms with Crippen LogP contribution >= 0.6 is 0 Å². The Balaban J connectivity index is 1.31. The number of fused-ring (bicyclic) bond motifs is 2. The molecule has 1 amide bonds. The molecule has 1 N–H and O–H groups in total.